The lowest BCUT2D eigenvalue weighted by Crippen LogP contribution is -2.25. The molecule has 1 N–H and O–H groups in total. The van der Waals surface area contributed by atoms with Crippen molar-refractivity contribution in [1.29, 1.82) is 0 Å². The van der Waals surface area contributed by atoms with Crippen molar-refractivity contribution < 1.29 is 14.6 Å². The zero-order valence-electron chi connectivity index (χ0n) is 12.9. The fourth-order valence-electron chi connectivity index (χ4n) is 2.07. The standard InChI is InChI=1S/C17H19NO4/c1-11(2)10-22-13-6-4-12(5-7-13)15-9-8-14(17(20)21)16(19)18(15)3/h4-9,11H,10H2,1-3H3,(H,20,21). The van der Waals surface area contributed by atoms with Gasteiger partial charge in [0, 0.05) is 7.05 Å². The van der Waals surface area contributed by atoms with Crippen LogP contribution in [0.4, 0.5) is 0 Å². The Balaban J connectivity index is 2.31. The molecule has 5 nitrogen and oxygen atoms in total. The quantitative estimate of drug-likeness (QED) is 0.922. The number of carboxylic acids is 1. The predicted molar refractivity (Wildman–Crippen MR) is 84.4 cm³/mol. The van der Waals surface area contributed by atoms with Crippen molar-refractivity contribution in [3.05, 3.63) is 52.3 Å². The molecule has 0 unspecified atom stereocenters. The molecule has 22 heavy (non-hydrogen) atoms. The number of hydrogen-bond donors (Lipinski definition) is 1. The zero-order chi connectivity index (χ0) is 16.3. The Hall–Kier alpha value is -2.56. The van der Waals surface area contributed by atoms with Gasteiger partial charge in [0.25, 0.3) is 5.56 Å². The second kappa shape index (κ2) is 6.47. The van der Waals surface area contributed by atoms with Crippen LogP contribution in [0.1, 0.15) is 24.2 Å². The second-order valence-corrected chi connectivity index (χ2v) is 5.53. The molecule has 0 aliphatic rings. The highest BCUT2D eigenvalue weighted by atomic mass is 16.5. The van der Waals surface area contributed by atoms with Gasteiger partial charge < -0.3 is 14.4 Å². The van der Waals surface area contributed by atoms with E-state index in [0.29, 0.717) is 18.2 Å². The Morgan fingerprint density at radius 2 is 1.82 bits per heavy atom. The third kappa shape index (κ3) is 3.36. The highest BCUT2D eigenvalue weighted by molar-refractivity contribution is 5.87. The molecule has 0 saturated carbocycles. The van der Waals surface area contributed by atoms with Crippen molar-refractivity contribution in [2.75, 3.05) is 6.61 Å². The first-order valence-electron chi connectivity index (χ1n) is 7.06. The Morgan fingerprint density at radius 3 is 2.36 bits per heavy atom. The van der Waals surface area contributed by atoms with Gasteiger partial charge in [-0.15, -0.1) is 0 Å². The van der Waals surface area contributed by atoms with Crippen molar-refractivity contribution in [1.82, 2.24) is 4.57 Å². The normalized spacial score (nSPS) is 10.7. The Labute approximate surface area is 128 Å². The number of pyridine rings is 1. The number of aromatic carboxylic acids is 1. The molecule has 2 rings (SSSR count). The van der Waals surface area contributed by atoms with E-state index in [1.165, 1.54) is 10.6 Å². The Kier molecular flexibility index (Phi) is 4.65. The monoisotopic (exact) mass is 301 g/mol. The van der Waals surface area contributed by atoms with E-state index in [2.05, 4.69) is 13.8 Å². The summed E-state index contributed by atoms with van der Waals surface area (Å²) in [7, 11) is 1.56. The topological polar surface area (TPSA) is 68.5 Å². The summed E-state index contributed by atoms with van der Waals surface area (Å²) in [5, 5.41) is 8.96. The maximum absolute atomic E-state index is 12.0. The Bertz CT molecular complexity index is 729. The minimum atomic E-state index is -1.22. The smallest absolute Gasteiger partial charge is 0.341 e. The summed E-state index contributed by atoms with van der Waals surface area (Å²) in [5.41, 5.74) is 0.729. The molecular weight excluding hydrogens is 282 g/mol. The molecule has 116 valence electrons. The lowest BCUT2D eigenvalue weighted by atomic mass is 10.1. The molecule has 0 radical (unpaired) electrons. The number of carboxylic acid groups (broad SMARTS) is 1. The molecule has 1 aromatic heterocycles. The lowest BCUT2D eigenvalue weighted by molar-refractivity contribution is 0.0694. The first kappa shape index (κ1) is 15.8. The van der Waals surface area contributed by atoms with Gasteiger partial charge in [0.1, 0.15) is 11.3 Å². The van der Waals surface area contributed by atoms with Crippen molar-refractivity contribution >= 4 is 5.97 Å². The maximum atomic E-state index is 12.0. The Morgan fingerprint density at radius 1 is 1.18 bits per heavy atom. The third-order valence-electron chi connectivity index (χ3n) is 3.27. The molecule has 0 aliphatic carbocycles. The van der Waals surface area contributed by atoms with Crippen molar-refractivity contribution in [2.45, 2.75) is 13.8 Å². The number of benzene rings is 1. The summed E-state index contributed by atoms with van der Waals surface area (Å²) in [6, 6.07) is 10.4. The summed E-state index contributed by atoms with van der Waals surface area (Å²) in [6.45, 7) is 4.80. The van der Waals surface area contributed by atoms with E-state index in [9.17, 15) is 9.59 Å². The molecule has 0 amide bonds. The fraction of sp³-hybridized carbons (Fsp3) is 0.294. The molecule has 1 aromatic carbocycles. The van der Waals surface area contributed by atoms with Crippen LogP contribution in [0.2, 0.25) is 0 Å². The van der Waals surface area contributed by atoms with Gasteiger partial charge in [-0.05, 0) is 47.9 Å². The summed E-state index contributed by atoms with van der Waals surface area (Å²) >= 11 is 0. The van der Waals surface area contributed by atoms with Crippen molar-refractivity contribution in [3.63, 3.8) is 0 Å². The van der Waals surface area contributed by atoms with Crippen molar-refractivity contribution in [3.8, 4) is 17.0 Å². The van der Waals surface area contributed by atoms with E-state index in [0.717, 1.165) is 11.3 Å². The largest absolute Gasteiger partial charge is 0.493 e. The van der Waals surface area contributed by atoms with Gasteiger partial charge >= 0.3 is 5.97 Å². The number of carbonyl (C=O) groups is 1. The van der Waals surface area contributed by atoms with Crippen LogP contribution in [0.15, 0.2) is 41.2 Å². The summed E-state index contributed by atoms with van der Waals surface area (Å²) in [6.07, 6.45) is 0. The molecule has 5 heteroatoms. The fourth-order valence-corrected chi connectivity index (χ4v) is 2.07. The van der Waals surface area contributed by atoms with Crippen LogP contribution in [0.5, 0.6) is 5.75 Å². The van der Waals surface area contributed by atoms with E-state index < -0.39 is 11.5 Å². The highest BCUT2D eigenvalue weighted by Gasteiger charge is 2.12. The first-order chi connectivity index (χ1) is 10.4. The molecule has 0 bridgehead atoms. The molecule has 0 aliphatic heterocycles. The molecule has 1 heterocycles. The van der Waals surface area contributed by atoms with Crippen LogP contribution in [-0.2, 0) is 7.05 Å². The molecule has 0 fully saturated rings. The van der Waals surface area contributed by atoms with Gasteiger partial charge in [-0.1, -0.05) is 13.8 Å². The van der Waals surface area contributed by atoms with E-state index in [4.69, 9.17) is 9.84 Å². The maximum Gasteiger partial charge on any atom is 0.341 e. The van der Waals surface area contributed by atoms with Crippen molar-refractivity contribution in [2.24, 2.45) is 13.0 Å². The summed E-state index contributed by atoms with van der Waals surface area (Å²) < 4.78 is 6.96. The minimum Gasteiger partial charge on any atom is -0.493 e. The summed E-state index contributed by atoms with van der Waals surface area (Å²) in [4.78, 5) is 23.0. The number of rotatable bonds is 5. The molecule has 0 spiro atoms. The van der Waals surface area contributed by atoms with Crippen LogP contribution >= 0.6 is 0 Å². The van der Waals surface area contributed by atoms with E-state index in [1.54, 1.807) is 13.1 Å². The molecular formula is C17H19NO4. The average Bonchev–Trinajstić information content (AvgIpc) is 2.48. The molecule has 0 atom stereocenters. The van der Waals surface area contributed by atoms with Crippen LogP contribution < -0.4 is 10.3 Å². The third-order valence-corrected chi connectivity index (χ3v) is 3.27. The van der Waals surface area contributed by atoms with Crippen LogP contribution in [0, 0.1) is 5.92 Å². The van der Waals surface area contributed by atoms with E-state index in [-0.39, 0.29) is 5.56 Å². The van der Waals surface area contributed by atoms with Crippen LogP contribution in [-0.4, -0.2) is 22.2 Å². The van der Waals surface area contributed by atoms with Gasteiger partial charge in [-0.25, -0.2) is 4.79 Å². The lowest BCUT2D eigenvalue weighted by Gasteiger charge is -2.11. The van der Waals surface area contributed by atoms with Crippen LogP contribution in [0.25, 0.3) is 11.3 Å². The van der Waals surface area contributed by atoms with Gasteiger partial charge in [0.2, 0.25) is 0 Å². The second-order valence-electron chi connectivity index (χ2n) is 5.53. The van der Waals surface area contributed by atoms with Crippen LogP contribution in [0.3, 0.4) is 0 Å². The SMILES string of the molecule is CC(C)COc1ccc(-c2ccc(C(=O)O)c(=O)n2C)cc1. The van der Waals surface area contributed by atoms with Gasteiger partial charge in [0.05, 0.1) is 12.3 Å². The first-order valence-corrected chi connectivity index (χ1v) is 7.06. The summed E-state index contributed by atoms with van der Waals surface area (Å²) in [5.74, 6) is -0.00162. The molecule has 2 aromatic rings. The van der Waals surface area contributed by atoms with Gasteiger partial charge in [-0.2, -0.15) is 0 Å². The zero-order valence-corrected chi connectivity index (χ0v) is 12.9. The minimum absolute atomic E-state index is 0.233. The average molecular weight is 301 g/mol. The van der Waals surface area contributed by atoms with Gasteiger partial charge in [-0.3, -0.25) is 4.79 Å². The number of ether oxygens (including phenoxy) is 1. The predicted octanol–water partition coefficient (Wildman–Crippen LogP) is 2.79. The molecule has 0 saturated heterocycles. The van der Waals surface area contributed by atoms with Gasteiger partial charge in [0.15, 0.2) is 0 Å². The van der Waals surface area contributed by atoms with E-state index in [1.807, 2.05) is 24.3 Å². The highest BCUT2D eigenvalue weighted by Crippen LogP contribution is 2.21. The number of hydrogen-bond acceptors (Lipinski definition) is 3. The number of nitrogens with zero attached hydrogens (tertiary/aromatic N) is 1. The van der Waals surface area contributed by atoms with E-state index >= 15 is 0 Å². The number of aromatic nitrogens is 1.